The molecule has 1 rings (SSSR count). The number of nitrogens with zero attached hydrogens (tertiary/aromatic N) is 1. The van der Waals surface area contributed by atoms with Crippen molar-refractivity contribution in [1.29, 1.82) is 5.26 Å². The number of hydrogen-bond donors (Lipinski definition) is 1. The summed E-state index contributed by atoms with van der Waals surface area (Å²) in [6, 6.07) is 2.98. The van der Waals surface area contributed by atoms with Crippen molar-refractivity contribution >= 4 is 0 Å². The van der Waals surface area contributed by atoms with Crippen molar-refractivity contribution in [2.45, 2.75) is 66.3 Å². The maximum Gasteiger partial charge on any atom is 0.0697 e. The van der Waals surface area contributed by atoms with Crippen LogP contribution in [0.2, 0.25) is 0 Å². The molecule has 1 N–H and O–H groups in total. The van der Waals surface area contributed by atoms with E-state index in [0.29, 0.717) is 11.5 Å². The monoisotopic (exact) mass is 236 g/mol. The highest BCUT2D eigenvalue weighted by Crippen LogP contribution is 2.37. The average Bonchev–Trinajstić information content (AvgIpc) is 2.26. The van der Waals surface area contributed by atoms with Gasteiger partial charge in [-0.1, -0.05) is 20.8 Å². The van der Waals surface area contributed by atoms with Crippen LogP contribution in [0, 0.1) is 28.1 Å². The van der Waals surface area contributed by atoms with E-state index >= 15 is 0 Å². The molecule has 2 nitrogen and oxygen atoms in total. The predicted octanol–water partition coefficient (Wildman–Crippen LogP) is 3.73. The summed E-state index contributed by atoms with van der Waals surface area (Å²) in [5.41, 5.74) is 0.220. The van der Waals surface area contributed by atoms with Crippen LogP contribution in [0.4, 0.5) is 0 Å². The van der Waals surface area contributed by atoms with Gasteiger partial charge in [-0.05, 0) is 50.9 Å². The van der Waals surface area contributed by atoms with Crippen molar-refractivity contribution in [1.82, 2.24) is 5.32 Å². The van der Waals surface area contributed by atoms with Crippen LogP contribution in [0.15, 0.2) is 0 Å². The first-order chi connectivity index (χ1) is 7.74. The van der Waals surface area contributed by atoms with E-state index in [-0.39, 0.29) is 5.41 Å². The molecule has 0 spiro atoms. The second kappa shape index (κ2) is 5.40. The molecule has 2 heteroatoms. The van der Waals surface area contributed by atoms with Gasteiger partial charge in [-0.25, -0.2) is 0 Å². The Morgan fingerprint density at radius 1 is 1.06 bits per heavy atom. The van der Waals surface area contributed by atoms with Crippen LogP contribution < -0.4 is 5.32 Å². The van der Waals surface area contributed by atoms with Gasteiger partial charge in [0.1, 0.15) is 0 Å². The Morgan fingerprint density at radius 3 is 2.00 bits per heavy atom. The molecule has 0 bridgehead atoms. The highest BCUT2D eigenvalue weighted by molar-refractivity contribution is 4.94. The van der Waals surface area contributed by atoms with Crippen LogP contribution in [0.3, 0.4) is 0 Å². The van der Waals surface area contributed by atoms with Gasteiger partial charge in [-0.3, -0.25) is 0 Å². The minimum atomic E-state index is -0.235. The number of nitriles is 1. The maximum atomic E-state index is 8.98. The molecule has 1 fully saturated rings. The Balaban J connectivity index is 2.32. The largest absolute Gasteiger partial charge is 0.312 e. The lowest BCUT2D eigenvalue weighted by Crippen LogP contribution is -2.40. The molecule has 1 aliphatic carbocycles. The minimum absolute atomic E-state index is 0.235. The van der Waals surface area contributed by atoms with Crippen LogP contribution in [-0.2, 0) is 0 Å². The van der Waals surface area contributed by atoms with Crippen LogP contribution in [0.1, 0.15) is 60.3 Å². The molecular formula is C15H28N2. The molecule has 1 saturated carbocycles. The summed E-state index contributed by atoms with van der Waals surface area (Å²) in [5, 5.41) is 12.5. The van der Waals surface area contributed by atoms with E-state index in [9.17, 15) is 0 Å². The van der Waals surface area contributed by atoms with Crippen LogP contribution in [0.5, 0.6) is 0 Å². The van der Waals surface area contributed by atoms with Gasteiger partial charge in [-0.2, -0.15) is 5.26 Å². The fourth-order valence-electron chi connectivity index (χ4n) is 2.60. The molecule has 0 amide bonds. The highest BCUT2D eigenvalue weighted by atomic mass is 14.9. The molecule has 1 aliphatic rings. The molecule has 0 aromatic carbocycles. The molecule has 0 atom stereocenters. The van der Waals surface area contributed by atoms with Gasteiger partial charge in [0.05, 0.1) is 11.5 Å². The smallest absolute Gasteiger partial charge is 0.0697 e. The fourth-order valence-corrected chi connectivity index (χ4v) is 2.60. The Morgan fingerprint density at radius 2 is 1.59 bits per heavy atom. The third-order valence-corrected chi connectivity index (χ3v) is 4.09. The van der Waals surface area contributed by atoms with E-state index in [0.717, 1.165) is 12.5 Å². The zero-order valence-corrected chi connectivity index (χ0v) is 12.1. The van der Waals surface area contributed by atoms with Crippen molar-refractivity contribution in [3.8, 4) is 6.07 Å². The summed E-state index contributed by atoms with van der Waals surface area (Å²) < 4.78 is 0. The predicted molar refractivity (Wildman–Crippen MR) is 72.6 cm³/mol. The van der Waals surface area contributed by atoms with Crippen molar-refractivity contribution in [3.05, 3.63) is 0 Å². The molecule has 0 saturated heterocycles. The quantitative estimate of drug-likeness (QED) is 0.810. The SMILES string of the molecule is CC(C)(C#N)CNC1CCC(C(C)(C)C)CC1. The van der Waals surface area contributed by atoms with E-state index in [4.69, 9.17) is 5.26 Å². The maximum absolute atomic E-state index is 8.98. The first-order valence-electron chi connectivity index (χ1n) is 6.89. The van der Waals surface area contributed by atoms with Crippen molar-refractivity contribution in [2.75, 3.05) is 6.54 Å². The van der Waals surface area contributed by atoms with E-state index in [2.05, 4.69) is 32.2 Å². The molecule has 0 radical (unpaired) electrons. The van der Waals surface area contributed by atoms with E-state index in [1.54, 1.807) is 0 Å². The summed E-state index contributed by atoms with van der Waals surface area (Å²) >= 11 is 0. The molecule has 0 unspecified atom stereocenters. The Bertz CT molecular complexity index is 272. The van der Waals surface area contributed by atoms with E-state index < -0.39 is 0 Å². The lowest BCUT2D eigenvalue weighted by Gasteiger charge is -2.37. The third-order valence-electron chi connectivity index (χ3n) is 4.09. The molecule has 17 heavy (non-hydrogen) atoms. The van der Waals surface area contributed by atoms with Gasteiger partial charge in [0.2, 0.25) is 0 Å². The summed E-state index contributed by atoms with van der Waals surface area (Å²) in [6.07, 6.45) is 5.19. The van der Waals surface area contributed by atoms with Gasteiger partial charge in [-0.15, -0.1) is 0 Å². The van der Waals surface area contributed by atoms with Crippen LogP contribution in [-0.4, -0.2) is 12.6 Å². The van der Waals surface area contributed by atoms with Crippen molar-refractivity contribution < 1.29 is 0 Å². The Kier molecular flexibility index (Phi) is 4.61. The van der Waals surface area contributed by atoms with Gasteiger partial charge < -0.3 is 5.32 Å². The average molecular weight is 236 g/mol. The van der Waals surface area contributed by atoms with Gasteiger partial charge in [0, 0.05) is 12.6 Å². The minimum Gasteiger partial charge on any atom is -0.312 e. The number of hydrogen-bond acceptors (Lipinski definition) is 2. The summed E-state index contributed by atoms with van der Waals surface area (Å²) in [6.45, 7) is 11.9. The normalized spacial score (nSPS) is 26.6. The first-order valence-corrected chi connectivity index (χ1v) is 6.89. The standard InChI is InChI=1S/C15H28N2/c1-14(2,3)12-6-8-13(9-7-12)17-11-15(4,5)10-16/h12-13,17H,6-9,11H2,1-5H3. The van der Waals surface area contributed by atoms with Crippen molar-refractivity contribution in [3.63, 3.8) is 0 Å². The lowest BCUT2D eigenvalue weighted by molar-refractivity contribution is 0.157. The zero-order valence-electron chi connectivity index (χ0n) is 12.1. The second-order valence-corrected chi connectivity index (χ2v) is 7.29. The van der Waals surface area contributed by atoms with E-state index in [1.165, 1.54) is 25.7 Å². The Hall–Kier alpha value is -0.550. The molecule has 0 aliphatic heterocycles. The van der Waals surface area contributed by atoms with Gasteiger partial charge in [0.15, 0.2) is 0 Å². The summed E-state index contributed by atoms with van der Waals surface area (Å²) in [4.78, 5) is 0. The van der Waals surface area contributed by atoms with E-state index in [1.807, 2.05) is 13.8 Å². The van der Waals surface area contributed by atoms with Gasteiger partial charge >= 0.3 is 0 Å². The van der Waals surface area contributed by atoms with Gasteiger partial charge in [0.25, 0.3) is 0 Å². The number of rotatable bonds is 3. The summed E-state index contributed by atoms with van der Waals surface area (Å²) in [5.74, 6) is 0.865. The Labute approximate surface area is 107 Å². The molecule has 0 aromatic heterocycles. The van der Waals surface area contributed by atoms with Crippen LogP contribution in [0.25, 0.3) is 0 Å². The fraction of sp³-hybridized carbons (Fsp3) is 0.933. The number of nitrogens with one attached hydrogen (secondary N) is 1. The van der Waals surface area contributed by atoms with Crippen LogP contribution >= 0.6 is 0 Å². The molecule has 98 valence electrons. The summed E-state index contributed by atoms with van der Waals surface area (Å²) in [7, 11) is 0. The topological polar surface area (TPSA) is 35.8 Å². The molecule has 0 aromatic rings. The first kappa shape index (κ1) is 14.5. The zero-order chi connectivity index (χ0) is 13.1. The highest BCUT2D eigenvalue weighted by Gasteiger charge is 2.30. The van der Waals surface area contributed by atoms with Crippen molar-refractivity contribution in [2.24, 2.45) is 16.7 Å². The lowest BCUT2D eigenvalue weighted by atomic mass is 9.71. The third kappa shape index (κ3) is 4.68. The second-order valence-electron chi connectivity index (χ2n) is 7.29. The molecule has 0 heterocycles. The molecular weight excluding hydrogens is 208 g/mol.